The van der Waals surface area contributed by atoms with E-state index in [0.29, 0.717) is 6.10 Å². The van der Waals surface area contributed by atoms with Gasteiger partial charge in [0.2, 0.25) is 0 Å². The first-order valence-corrected chi connectivity index (χ1v) is 5.64. The number of hydrogen-bond donors (Lipinski definition) is 0. The van der Waals surface area contributed by atoms with Crippen molar-refractivity contribution in [2.75, 3.05) is 0 Å². The Morgan fingerprint density at radius 1 is 1.23 bits per heavy atom. The van der Waals surface area contributed by atoms with Gasteiger partial charge in [0.05, 0.1) is 12.4 Å². The third-order valence-electron chi connectivity index (χ3n) is 2.82. The van der Waals surface area contributed by atoms with Crippen LogP contribution in [0.5, 0.6) is 0 Å². The lowest BCUT2D eigenvalue weighted by molar-refractivity contribution is 0.127. The predicted molar refractivity (Wildman–Crippen MR) is 56.6 cm³/mol. The van der Waals surface area contributed by atoms with E-state index in [4.69, 9.17) is 4.74 Å². The first-order valence-electron chi connectivity index (χ1n) is 5.64. The van der Waals surface area contributed by atoms with E-state index in [1.807, 2.05) is 6.26 Å². The molecule has 76 valence electrons. The Labute approximate surface area is 82.2 Å². The Hall–Kier alpha value is -0.460. The van der Waals surface area contributed by atoms with Crippen molar-refractivity contribution in [1.82, 2.24) is 0 Å². The molecule has 0 aliphatic heterocycles. The molecule has 1 aliphatic rings. The van der Waals surface area contributed by atoms with Crippen LogP contribution in [0.15, 0.2) is 11.8 Å². The van der Waals surface area contributed by atoms with Gasteiger partial charge >= 0.3 is 0 Å². The van der Waals surface area contributed by atoms with E-state index in [1.54, 1.807) is 0 Å². The van der Waals surface area contributed by atoms with Gasteiger partial charge in [-0.1, -0.05) is 19.8 Å². The molecule has 0 aromatic carbocycles. The van der Waals surface area contributed by atoms with Crippen LogP contribution in [0.2, 0.25) is 0 Å². The molecule has 0 aromatic rings. The minimum absolute atomic E-state index is 0.504. The van der Waals surface area contributed by atoms with Crippen LogP contribution in [0.3, 0.4) is 0 Å². The fourth-order valence-electron chi connectivity index (χ4n) is 1.67. The molecule has 0 amide bonds. The SMILES string of the molecule is CCC(C)=COC1CCCCCC1. The molecule has 1 nitrogen and oxygen atoms in total. The number of hydrogen-bond acceptors (Lipinski definition) is 1. The summed E-state index contributed by atoms with van der Waals surface area (Å²) in [6.07, 6.45) is 11.6. The summed E-state index contributed by atoms with van der Waals surface area (Å²) in [5.41, 5.74) is 1.35. The van der Waals surface area contributed by atoms with E-state index in [0.717, 1.165) is 6.42 Å². The third-order valence-corrected chi connectivity index (χ3v) is 2.82. The van der Waals surface area contributed by atoms with E-state index in [1.165, 1.54) is 44.1 Å². The molecule has 1 heteroatoms. The second-order valence-corrected chi connectivity index (χ2v) is 4.07. The van der Waals surface area contributed by atoms with E-state index in [-0.39, 0.29) is 0 Å². The Morgan fingerprint density at radius 3 is 2.38 bits per heavy atom. The lowest BCUT2D eigenvalue weighted by Gasteiger charge is -2.14. The van der Waals surface area contributed by atoms with E-state index < -0.39 is 0 Å². The van der Waals surface area contributed by atoms with Crippen molar-refractivity contribution < 1.29 is 4.74 Å². The third kappa shape index (κ3) is 4.35. The van der Waals surface area contributed by atoms with Crippen LogP contribution in [0.1, 0.15) is 58.8 Å². The van der Waals surface area contributed by atoms with Gasteiger partial charge in [0, 0.05) is 0 Å². The largest absolute Gasteiger partial charge is 0.498 e. The highest BCUT2D eigenvalue weighted by Crippen LogP contribution is 2.20. The molecule has 0 aromatic heterocycles. The molecule has 0 spiro atoms. The highest BCUT2D eigenvalue weighted by Gasteiger charge is 2.11. The van der Waals surface area contributed by atoms with Gasteiger partial charge in [-0.3, -0.25) is 0 Å². The summed E-state index contributed by atoms with van der Waals surface area (Å²) in [5.74, 6) is 0. The molecule has 1 saturated carbocycles. The lowest BCUT2D eigenvalue weighted by atomic mass is 10.1. The number of ether oxygens (including phenoxy) is 1. The van der Waals surface area contributed by atoms with Crippen LogP contribution in [0.25, 0.3) is 0 Å². The molecular weight excluding hydrogens is 160 g/mol. The van der Waals surface area contributed by atoms with Crippen molar-refractivity contribution in [2.45, 2.75) is 64.9 Å². The first-order chi connectivity index (χ1) is 6.33. The number of allylic oxidation sites excluding steroid dienone is 1. The van der Waals surface area contributed by atoms with E-state index >= 15 is 0 Å². The van der Waals surface area contributed by atoms with Crippen molar-refractivity contribution in [1.29, 1.82) is 0 Å². The van der Waals surface area contributed by atoms with Crippen molar-refractivity contribution in [3.05, 3.63) is 11.8 Å². The van der Waals surface area contributed by atoms with Gasteiger partial charge in [-0.25, -0.2) is 0 Å². The average molecular weight is 182 g/mol. The molecule has 0 atom stereocenters. The fourth-order valence-corrected chi connectivity index (χ4v) is 1.67. The zero-order valence-corrected chi connectivity index (χ0v) is 9.01. The van der Waals surface area contributed by atoms with Crippen LogP contribution in [0, 0.1) is 0 Å². The average Bonchev–Trinajstić information content (AvgIpc) is 2.42. The second-order valence-electron chi connectivity index (χ2n) is 4.07. The van der Waals surface area contributed by atoms with Crippen LogP contribution in [0.4, 0.5) is 0 Å². The van der Waals surface area contributed by atoms with Crippen LogP contribution in [-0.2, 0) is 4.74 Å². The normalized spacial score (nSPS) is 21.2. The predicted octanol–water partition coefficient (Wildman–Crippen LogP) is 4.04. The lowest BCUT2D eigenvalue weighted by Crippen LogP contribution is -2.07. The highest BCUT2D eigenvalue weighted by molar-refractivity contribution is 4.91. The summed E-state index contributed by atoms with van der Waals surface area (Å²) < 4.78 is 5.75. The summed E-state index contributed by atoms with van der Waals surface area (Å²) in [4.78, 5) is 0. The van der Waals surface area contributed by atoms with Gasteiger partial charge in [0.15, 0.2) is 0 Å². The summed E-state index contributed by atoms with van der Waals surface area (Å²) in [5, 5.41) is 0. The monoisotopic (exact) mass is 182 g/mol. The van der Waals surface area contributed by atoms with Crippen LogP contribution < -0.4 is 0 Å². The molecule has 0 bridgehead atoms. The molecule has 0 heterocycles. The van der Waals surface area contributed by atoms with Crippen molar-refractivity contribution in [3.63, 3.8) is 0 Å². The van der Waals surface area contributed by atoms with Crippen molar-refractivity contribution in [3.8, 4) is 0 Å². The molecule has 13 heavy (non-hydrogen) atoms. The van der Waals surface area contributed by atoms with E-state index in [9.17, 15) is 0 Å². The maximum Gasteiger partial charge on any atom is 0.0978 e. The summed E-state index contributed by atoms with van der Waals surface area (Å²) in [6, 6.07) is 0. The molecule has 0 radical (unpaired) electrons. The molecule has 0 unspecified atom stereocenters. The molecular formula is C12H22O. The molecule has 1 fully saturated rings. The highest BCUT2D eigenvalue weighted by atomic mass is 16.5. The quantitative estimate of drug-likeness (QED) is 0.473. The van der Waals surface area contributed by atoms with E-state index in [2.05, 4.69) is 13.8 Å². The van der Waals surface area contributed by atoms with Crippen molar-refractivity contribution >= 4 is 0 Å². The maximum atomic E-state index is 5.75. The fraction of sp³-hybridized carbons (Fsp3) is 0.833. The summed E-state index contributed by atoms with van der Waals surface area (Å²) in [7, 11) is 0. The summed E-state index contributed by atoms with van der Waals surface area (Å²) in [6.45, 7) is 4.30. The molecule has 1 aliphatic carbocycles. The Kier molecular flexibility index (Phi) is 4.95. The minimum Gasteiger partial charge on any atom is -0.498 e. The van der Waals surface area contributed by atoms with Gasteiger partial charge in [-0.2, -0.15) is 0 Å². The molecule has 0 saturated heterocycles. The minimum atomic E-state index is 0.504. The maximum absolute atomic E-state index is 5.75. The topological polar surface area (TPSA) is 9.23 Å². The van der Waals surface area contributed by atoms with Crippen LogP contribution >= 0.6 is 0 Å². The van der Waals surface area contributed by atoms with Gasteiger partial charge < -0.3 is 4.74 Å². The summed E-state index contributed by atoms with van der Waals surface area (Å²) >= 11 is 0. The second kappa shape index (κ2) is 6.06. The van der Waals surface area contributed by atoms with Gasteiger partial charge in [0.25, 0.3) is 0 Å². The zero-order chi connectivity index (χ0) is 9.52. The molecule has 1 rings (SSSR count). The Balaban J connectivity index is 2.26. The molecule has 0 N–H and O–H groups in total. The smallest absolute Gasteiger partial charge is 0.0978 e. The van der Waals surface area contributed by atoms with Gasteiger partial charge in [-0.15, -0.1) is 0 Å². The zero-order valence-electron chi connectivity index (χ0n) is 9.01. The standard InChI is InChI=1S/C12H22O/c1-3-11(2)10-13-12-8-6-4-5-7-9-12/h10,12H,3-9H2,1-2H3. The van der Waals surface area contributed by atoms with Crippen molar-refractivity contribution in [2.24, 2.45) is 0 Å². The van der Waals surface area contributed by atoms with Gasteiger partial charge in [-0.05, 0) is 44.6 Å². The van der Waals surface area contributed by atoms with Gasteiger partial charge in [0.1, 0.15) is 0 Å². The first kappa shape index (κ1) is 10.6. The number of rotatable bonds is 3. The Morgan fingerprint density at radius 2 is 1.85 bits per heavy atom. The Bertz CT molecular complexity index is 153. The van der Waals surface area contributed by atoms with Crippen LogP contribution in [-0.4, -0.2) is 6.10 Å².